The van der Waals surface area contributed by atoms with E-state index in [1.54, 1.807) is 19.1 Å². The number of hydrogen-bond donors (Lipinski definition) is 2. The SMILES string of the molecule is CCNS(=O)(=O)c1ccccc1NCC1(C)CCCS1. The summed E-state index contributed by atoms with van der Waals surface area (Å²) >= 11 is 1.96. The Labute approximate surface area is 125 Å². The summed E-state index contributed by atoms with van der Waals surface area (Å²) in [6.07, 6.45) is 2.41. The molecule has 1 atom stereocenters. The summed E-state index contributed by atoms with van der Waals surface area (Å²) in [6.45, 7) is 5.20. The number of sulfonamides is 1. The maximum Gasteiger partial charge on any atom is 0.242 e. The molecule has 0 aliphatic carbocycles. The van der Waals surface area contributed by atoms with E-state index in [0.717, 1.165) is 6.54 Å². The first-order valence-corrected chi connectivity index (χ1v) is 9.40. The predicted octanol–water partition coefficient (Wildman–Crippen LogP) is 2.68. The zero-order chi connectivity index (χ0) is 14.6. The topological polar surface area (TPSA) is 58.2 Å². The van der Waals surface area contributed by atoms with Crippen molar-refractivity contribution in [1.29, 1.82) is 0 Å². The second kappa shape index (κ2) is 6.37. The van der Waals surface area contributed by atoms with Crippen molar-refractivity contribution in [2.45, 2.75) is 36.3 Å². The molecule has 1 unspecified atom stereocenters. The molecule has 4 nitrogen and oxygen atoms in total. The Balaban J connectivity index is 2.16. The van der Waals surface area contributed by atoms with Crippen LogP contribution in [0.1, 0.15) is 26.7 Å². The van der Waals surface area contributed by atoms with Crippen molar-refractivity contribution in [2.75, 3.05) is 24.2 Å². The van der Waals surface area contributed by atoms with Gasteiger partial charge in [-0.3, -0.25) is 0 Å². The molecule has 0 radical (unpaired) electrons. The van der Waals surface area contributed by atoms with Crippen molar-refractivity contribution < 1.29 is 8.42 Å². The van der Waals surface area contributed by atoms with Gasteiger partial charge >= 0.3 is 0 Å². The summed E-state index contributed by atoms with van der Waals surface area (Å²) in [5, 5.41) is 3.32. The fourth-order valence-corrected chi connectivity index (χ4v) is 4.84. The molecule has 6 heteroatoms. The van der Waals surface area contributed by atoms with Gasteiger partial charge in [-0.05, 0) is 37.7 Å². The molecule has 2 rings (SSSR count). The monoisotopic (exact) mass is 314 g/mol. The average Bonchev–Trinajstić information content (AvgIpc) is 2.84. The molecule has 1 aromatic carbocycles. The Bertz CT molecular complexity index is 552. The van der Waals surface area contributed by atoms with E-state index in [-0.39, 0.29) is 4.75 Å². The molecule has 20 heavy (non-hydrogen) atoms. The van der Waals surface area contributed by atoms with Gasteiger partial charge in [-0.25, -0.2) is 13.1 Å². The van der Waals surface area contributed by atoms with Gasteiger partial charge in [0, 0.05) is 17.8 Å². The summed E-state index contributed by atoms with van der Waals surface area (Å²) in [5.41, 5.74) is 0.683. The van der Waals surface area contributed by atoms with Gasteiger partial charge in [-0.15, -0.1) is 0 Å². The number of anilines is 1. The van der Waals surface area contributed by atoms with E-state index >= 15 is 0 Å². The number of rotatable bonds is 6. The molecule has 0 saturated carbocycles. The van der Waals surface area contributed by atoms with E-state index in [1.165, 1.54) is 18.6 Å². The molecule has 1 aliphatic rings. The third kappa shape index (κ3) is 3.68. The highest BCUT2D eigenvalue weighted by molar-refractivity contribution is 8.00. The second-order valence-corrected chi connectivity index (χ2v) is 8.67. The Hall–Kier alpha value is -0.720. The first-order chi connectivity index (χ1) is 9.47. The van der Waals surface area contributed by atoms with Crippen molar-refractivity contribution in [3.05, 3.63) is 24.3 Å². The zero-order valence-electron chi connectivity index (χ0n) is 12.0. The van der Waals surface area contributed by atoms with Crippen molar-refractivity contribution >= 4 is 27.5 Å². The zero-order valence-corrected chi connectivity index (χ0v) is 13.6. The lowest BCUT2D eigenvalue weighted by Gasteiger charge is -2.24. The second-order valence-electron chi connectivity index (χ2n) is 5.25. The van der Waals surface area contributed by atoms with Gasteiger partial charge in [0.25, 0.3) is 0 Å². The highest BCUT2D eigenvalue weighted by atomic mass is 32.2. The third-order valence-corrected chi connectivity index (χ3v) is 6.61. The minimum atomic E-state index is -3.43. The van der Waals surface area contributed by atoms with E-state index in [1.807, 2.05) is 23.9 Å². The molecule has 1 heterocycles. The molecular formula is C14H22N2O2S2. The smallest absolute Gasteiger partial charge is 0.242 e. The van der Waals surface area contributed by atoms with Crippen LogP contribution in [0.2, 0.25) is 0 Å². The van der Waals surface area contributed by atoms with E-state index < -0.39 is 10.0 Å². The predicted molar refractivity (Wildman–Crippen MR) is 85.9 cm³/mol. The van der Waals surface area contributed by atoms with Gasteiger partial charge < -0.3 is 5.32 Å². The lowest BCUT2D eigenvalue weighted by Crippen LogP contribution is -2.29. The van der Waals surface area contributed by atoms with Gasteiger partial charge in [-0.1, -0.05) is 19.1 Å². The summed E-state index contributed by atoms with van der Waals surface area (Å²) < 4.78 is 27.1. The van der Waals surface area contributed by atoms with Gasteiger partial charge in [0.2, 0.25) is 10.0 Å². The van der Waals surface area contributed by atoms with E-state index in [4.69, 9.17) is 0 Å². The van der Waals surface area contributed by atoms with Crippen LogP contribution in [0.5, 0.6) is 0 Å². The molecule has 1 saturated heterocycles. The normalized spacial score (nSPS) is 22.9. The molecule has 0 amide bonds. The summed E-state index contributed by atoms with van der Waals surface area (Å²) in [4.78, 5) is 0.327. The van der Waals surface area contributed by atoms with E-state index in [9.17, 15) is 8.42 Å². The lowest BCUT2D eigenvalue weighted by atomic mass is 10.1. The fraction of sp³-hybridized carbons (Fsp3) is 0.571. The molecule has 1 aromatic rings. The average molecular weight is 314 g/mol. The molecule has 1 fully saturated rings. The molecular weight excluding hydrogens is 292 g/mol. The van der Waals surface area contributed by atoms with Gasteiger partial charge in [0.05, 0.1) is 5.69 Å². The number of para-hydroxylation sites is 1. The maximum absolute atomic E-state index is 12.2. The van der Waals surface area contributed by atoms with Crippen LogP contribution < -0.4 is 10.0 Å². The van der Waals surface area contributed by atoms with Crippen molar-refractivity contribution in [3.63, 3.8) is 0 Å². The third-order valence-electron chi connectivity index (χ3n) is 3.46. The van der Waals surface area contributed by atoms with Gasteiger partial charge in [-0.2, -0.15) is 11.8 Å². The lowest BCUT2D eigenvalue weighted by molar-refractivity contribution is 0.583. The first-order valence-electron chi connectivity index (χ1n) is 6.93. The highest BCUT2D eigenvalue weighted by Crippen LogP contribution is 2.38. The van der Waals surface area contributed by atoms with Crippen LogP contribution in [0.25, 0.3) is 0 Å². The van der Waals surface area contributed by atoms with Crippen LogP contribution in [0.15, 0.2) is 29.2 Å². The van der Waals surface area contributed by atoms with E-state index in [0.29, 0.717) is 17.1 Å². The molecule has 112 valence electrons. The molecule has 0 aromatic heterocycles. The molecule has 2 N–H and O–H groups in total. The highest BCUT2D eigenvalue weighted by Gasteiger charge is 2.29. The molecule has 0 bridgehead atoms. The van der Waals surface area contributed by atoms with Crippen molar-refractivity contribution in [3.8, 4) is 0 Å². The summed E-state index contributed by atoms with van der Waals surface area (Å²) in [5.74, 6) is 1.19. The standard InChI is InChI=1S/C14H22N2O2S2/c1-3-16-20(17,18)13-8-5-4-7-12(13)15-11-14(2)9-6-10-19-14/h4-5,7-8,15-16H,3,6,9-11H2,1-2H3. The van der Waals surface area contributed by atoms with Crippen molar-refractivity contribution in [2.24, 2.45) is 0 Å². The fourth-order valence-electron chi connectivity index (χ4n) is 2.37. The number of nitrogens with one attached hydrogen (secondary N) is 2. The summed E-state index contributed by atoms with van der Waals surface area (Å²) in [7, 11) is -3.43. The van der Waals surface area contributed by atoms with E-state index in [2.05, 4.69) is 17.0 Å². The number of thioether (sulfide) groups is 1. The van der Waals surface area contributed by atoms with Gasteiger partial charge in [0.15, 0.2) is 0 Å². The maximum atomic E-state index is 12.2. The van der Waals surface area contributed by atoms with Gasteiger partial charge in [0.1, 0.15) is 4.90 Å². The summed E-state index contributed by atoms with van der Waals surface area (Å²) in [6, 6.07) is 7.08. The quantitative estimate of drug-likeness (QED) is 0.847. The first kappa shape index (κ1) is 15.7. The van der Waals surface area contributed by atoms with Crippen LogP contribution in [0.4, 0.5) is 5.69 Å². The molecule has 0 spiro atoms. The Kier molecular flexibility index (Phi) is 4.99. The Morgan fingerprint density at radius 1 is 1.35 bits per heavy atom. The number of hydrogen-bond acceptors (Lipinski definition) is 4. The van der Waals surface area contributed by atoms with Crippen molar-refractivity contribution in [1.82, 2.24) is 4.72 Å². The van der Waals surface area contributed by atoms with Crippen LogP contribution in [-0.4, -0.2) is 32.0 Å². The minimum Gasteiger partial charge on any atom is -0.383 e. The van der Waals surface area contributed by atoms with Crippen LogP contribution in [0, 0.1) is 0 Å². The largest absolute Gasteiger partial charge is 0.383 e. The van der Waals surface area contributed by atoms with Crippen LogP contribution >= 0.6 is 11.8 Å². The minimum absolute atomic E-state index is 0.203. The Morgan fingerprint density at radius 3 is 2.75 bits per heavy atom. The van der Waals surface area contributed by atoms with Crippen LogP contribution in [0.3, 0.4) is 0 Å². The Morgan fingerprint density at radius 2 is 2.10 bits per heavy atom. The number of benzene rings is 1. The van der Waals surface area contributed by atoms with Crippen LogP contribution in [-0.2, 0) is 10.0 Å². The molecule has 1 aliphatic heterocycles.